The molecule has 0 aliphatic heterocycles. The lowest BCUT2D eigenvalue weighted by Gasteiger charge is -2.27. The third-order valence-electron chi connectivity index (χ3n) is 3.50. The Hall–Kier alpha value is -0.900. The Morgan fingerprint density at radius 2 is 2.06 bits per heavy atom. The van der Waals surface area contributed by atoms with Crippen LogP contribution in [0.3, 0.4) is 0 Å². The molecule has 1 heterocycles. The third kappa shape index (κ3) is 3.04. The number of hydrogen-bond acceptors (Lipinski definition) is 4. The molecule has 0 saturated heterocycles. The maximum Gasteiger partial charge on any atom is 0.230 e. The predicted octanol–water partition coefficient (Wildman–Crippen LogP) is 2.44. The van der Waals surface area contributed by atoms with E-state index in [9.17, 15) is 0 Å². The van der Waals surface area contributed by atoms with Gasteiger partial charge in [0.25, 0.3) is 0 Å². The van der Waals surface area contributed by atoms with E-state index in [1.54, 1.807) is 0 Å². The monoisotopic (exact) mass is 223 g/mol. The Balaban J connectivity index is 1.76. The first-order valence-corrected chi connectivity index (χ1v) is 6.28. The van der Waals surface area contributed by atoms with E-state index in [1.165, 1.54) is 32.1 Å². The van der Waals surface area contributed by atoms with E-state index in [2.05, 4.69) is 22.4 Å². The quantitative estimate of drug-likeness (QED) is 0.851. The first-order valence-electron chi connectivity index (χ1n) is 6.28. The molecule has 0 bridgehead atoms. The smallest absolute Gasteiger partial charge is 0.230 e. The van der Waals surface area contributed by atoms with Crippen LogP contribution in [0.5, 0.6) is 0 Å². The van der Waals surface area contributed by atoms with Gasteiger partial charge in [-0.3, -0.25) is 0 Å². The molecule has 1 saturated carbocycles. The van der Waals surface area contributed by atoms with Gasteiger partial charge < -0.3 is 9.73 Å². The normalized spacial score (nSPS) is 19.9. The summed E-state index contributed by atoms with van der Waals surface area (Å²) >= 11 is 0. The first-order chi connectivity index (χ1) is 7.75. The van der Waals surface area contributed by atoms with Gasteiger partial charge in [0.2, 0.25) is 11.8 Å². The van der Waals surface area contributed by atoms with Crippen LogP contribution in [0.4, 0.5) is 0 Å². The van der Waals surface area contributed by atoms with Crippen molar-refractivity contribution in [1.29, 1.82) is 0 Å². The summed E-state index contributed by atoms with van der Waals surface area (Å²) in [5.74, 6) is 2.15. The fourth-order valence-electron chi connectivity index (χ4n) is 2.46. The predicted molar refractivity (Wildman–Crippen MR) is 61.9 cm³/mol. The van der Waals surface area contributed by atoms with E-state index >= 15 is 0 Å². The van der Waals surface area contributed by atoms with Crippen molar-refractivity contribution in [1.82, 2.24) is 15.5 Å². The second-order valence-electron chi connectivity index (χ2n) is 4.78. The third-order valence-corrected chi connectivity index (χ3v) is 3.50. The van der Waals surface area contributed by atoms with E-state index in [-0.39, 0.29) is 0 Å². The van der Waals surface area contributed by atoms with Crippen LogP contribution in [0.25, 0.3) is 0 Å². The van der Waals surface area contributed by atoms with Crippen LogP contribution in [-0.4, -0.2) is 16.2 Å². The minimum absolute atomic E-state index is 0.549. The molecule has 1 atom stereocenters. The lowest BCUT2D eigenvalue weighted by atomic mass is 9.84. The summed E-state index contributed by atoms with van der Waals surface area (Å²) in [6, 6.07) is 0.549. The molecule has 0 spiro atoms. The zero-order valence-electron chi connectivity index (χ0n) is 10.2. The molecule has 0 aromatic carbocycles. The summed E-state index contributed by atoms with van der Waals surface area (Å²) in [5, 5.41) is 11.3. The van der Waals surface area contributed by atoms with Crippen molar-refractivity contribution in [2.75, 3.05) is 0 Å². The molecule has 4 heteroatoms. The fourth-order valence-corrected chi connectivity index (χ4v) is 2.46. The molecular formula is C12H21N3O. The molecule has 1 aliphatic rings. The second kappa shape index (κ2) is 5.43. The summed E-state index contributed by atoms with van der Waals surface area (Å²) in [6.45, 7) is 4.78. The minimum Gasteiger partial charge on any atom is -0.424 e. The molecule has 1 aliphatic carbocycles. The second-order valence-corrected chi connectivity index (χ2v) is 4.78. The van der Waals surface area contributed by atoms with Crippen LogP contribution in [-0.2, 0) is 6.54 Å². The molecule has 4 nitrogen and oxygen atoms in total. The summed E-state index contributed by atoms with van der Waals surface area (Å²) in [6.07, 6.45) is 6.90. The molecule has 2 rings (SSSR count). The van der Waals surface area contributed by atoms with Crippen molar-refractivity contribution in [3.8, 4) is 0 Å². The van der Waals surface area contributed by atoms with Gasteiger partial charge in [0, 0.05) is 13.0 Å². The van der Waals surface area contributed by atoms with Crippen molar-refractivity contribution in [3.05, 3.63) is 11.8 Å². The van der Waals surface area contributed by atoms with Crippen LogP contribution in [0.15, 0.2) is 4.42 Å². The Bertz CT molecular complexity index is 318. The average Bonchev–Trinajstić information content (AvgIpc) is 2.73. The zero-order valence-corrected chi connectivity index (χ0v) is 10.2. The number of hydrogen-bond donors (Lipinski definition) is 1. The molecule has 0 unspecified atom stereocenters. The van der Waals surface area contributed by atoms with Gasteiger partial charge in [0.05, 0.1) is 6.54 Å². The van der Waals surface area contributed by atoms with Gasteiger partial charge in [-0.2, -0.15) is 0 Å². The Labute approximate surface area is 96.8 Å². The molecule has 1 N–H and O–H groups in total. The van der Waals surface area contributed by atoms with Crippen LogP contribution in [0, 0.1) is 12.8 Å². The molecule has 0 amide bonds. The number of nitrogens with one attached hydrogen (secondary N) is 1. The highest BCUT2D eigenvalue weighted by Crippen LogP contribution is 2.26. The largest absolute Gasteiger partial charge is 0.424 e. The van der Waals surface area contributed by atoms with E-state index in [0.717, 1.165) is 5.92 Å². The standard InChI is InChI=1S/C12H21N3O/c1-9(11-6-4-3-5-7-11)13-8-12-15-14-10(2)16-12/h9,11,13H,3-8H2,1-2H3/t9-/m1/s1. The summed E-state index contributed by atoms with van der Waals surface area (Å²) < 4.78 is 5.34. The number of rotatable bonds is 4. The highest BCUT2D eigenvalue weighted by atomic mass is 16.4. The lowest BCUT2D eigenvalue weighted by molar-refractivity contribution is 0.274. The van der Waals surface area contributed by atoms with Gasteiger partial charge >= 0.3 is 0 Å². The number of nitrogens with zero attached hydrogens (tertiary/aromatic N) is 2. The molecule has 0 radical (unpaired) electrons. The highest BCUT2D eigenvalue weighted by Gasteiger charge is 2.19. The lowest BCUT2D eigenvalue weighted by Crippen LogP contribution is -2.34. The van der Waals surface area contributed by atoms with Gasteiger partial charge in [-0.15, -0.1) is 10.2 Å². The van der Waals surface area contributed by atoms with Crippen molar-refractivity contribution >= 4 is 0 Å². The van der Waals surface area contributed by atoms with Crippen LogP contribution in [0.2, 0.25) is 0 Å². The molecule has 90 valence electrons. The maximum absolute atomic E-state index is 5.34. The Morgan fingerprint density at radius 3 is 2.69 bits per heavy atom. The average molecular weight is 223 g/mol. The fraction of sp³-hybridized carbons (Fsp3) is 0.833. The van der Waals surface area contributed by atoms with Gasteiger partial charge in [0.15, 0.2) is 0 Å². The van der Waals surface area contributed by atoms with E-state index in [4.69, 9.17) is 4.42 Å². The number of aryl methyl sites for hydroxylation is 1. The first kappa shape index (κ1) is 11.6. The Morgan fingerprint density at radius 1 is 1.31 bits per heavy atom. The summed E-state index contributed by atoms with van der Waals surface area (Å²) in [7, 11) is 0. The summed E-state index contributed by atoms with van der Waals surface area (Å²) in [4.78, 5) is 0. The van der Waals surface area contributed by atoms with E-state index < -0.39 is 0 Å². The zero-order chi connectivity index (χ0) is 11.4. The molecule has 1 aromatic rings. The van der Waals surface area contributed by atoms with E-state index in [1.807, 2.05) is 6.92 Å². The van der Waals surface area contributed by atoms with Crippen molar-refractivity contribution < 1.29 is 4.42 Å². The van der Waals surface area contributed by atoms with Crippen molar-refractivity contribution in [2.45, 2.75) is 58.5 Å². The van der Waals surface area contributed by atoms with Crippen LogP contribution in [0.1, 0.15) is 50.8 Å². The molecule has 1 aromatic heterocycles. The van der Waals surface area contributed by atoms with Gasteiger partial charge in [-0.1, -0.05) is 19.3 Å². The summed E-state index contributed by atoms with van der Waals surface area (Å²) in [5.41, 5.74) is 0. The van der Waals surface area contributed by atoms with Gasteiger partial charge in [-0.25, -0.2) is 0 Å². The van der Waals surface area contributed by atoms with Crippen molar-refractivity contribution in [3.63, 3.8) is 0 Å². The van der Waals surface area contributed by atoms with Crippen LogP contribution < -0.4 is 5.32 Å². The number of aromatic nitrogens is 2. The van der Waals surface area contributed by atoms with Crippen molar-refractivity contribution in [2.24, 2.45) is 5.92 Å². The van der Waals surface area contributed by atoms with Gasteiger partial charge in [-0.05, 0) is 25.7 Å². The van der Waals surface area contributed by atoms with Crippen LogP contribution >= 0.6 is 0 Å². The van der Waals surface area contributed by atoms with Gasteiger partial charge in [0.1, 0.15) is 0 Å². The Kier molecular flexibility index (Phi) is 3.93. The van der Waals surface area contributed by atoms with E-state index in [0.29, 0.717) is 24.4 Å². The topological polar surface area (TPSA) is 51.0 Å². The molecular weight excluding hydrogens is 202 g/mol. The molecule has 16 heavy (non-hydrogen) atoms. The highest BCUT2D eigenvalue weighted by molar-refractivity contribution is 4.81. The SMILES string of the molecule is Cc1nnc(CN[C@H](C)C2CCCCC2)o1. The maximum atomic E-state index is 5.34. The minimum atomic E-state index is 0.549. The molecule has 1 fully saturated rings.